The summed E-state index contributed by atoms with van der Waals surface area (Å²) in [6.45, 7) is 5.98. The number of carbonyl (C=O) groups excluding carboxylic acids is 1. The summed E-state index contributed by atoms with van der Waals surface area (Å²) >= 11 is 1.26. The molecule has 31 heavy (non-hydrogen) atoms. The van der Waals surface area contributed by atoms with E-state index in [1.807, 2.05) is 43.5 Å². The number of nitrogens with zero attached hydrogens (tertiary/aromatic N) is 4. The number of nitrogens with one attached hydrogen (secondary N) is 1. The fourth-order valence-electron chi connectivity index (χ4n) is 3.39. The van der Waals surface area contributed by atoms with Crippen LogP contribution in [0.5, 0.6) is 0 Å². The number of carbonyl (C=O) groups is 1. The number of hydrogen-bond acceptors (Lipinski definition) is 6. The Hall–Kier alpha value is -3.85. The second kappa shape index (κ2) is 8.11. The van der Waals surface area contributed by atoms with Crippen LogP contribution in [0.15, 0.2) is 53.8 Å². The first kappa shape index (κ1) is 20.4. The SMILES string of the molecule is Cc1ccnc(-n2c(C)cc(/C=N\NC(=O)c3cc4cc([N+](=O)[O-])ccc4s3)c2C)c1. The maximum Gasteiger partial charge on any atom is 0.281 e. The molecular weight excluding hydrogens is 414 g/mol. The van der Waals surface area contributed by atoms with Gasteiger partial charge in [-0.3, -0.25) is 14.9 Å². The molecule has 0 aliphatic rings. The molecule has 3 aromatic heterocycles. The van der Waals surface area contributed by atoms with Crippen molar-refractivity contribution in [1.29, 1.82) is 0 Å². The summed E-state index contributed by atoms with van der Waals surface area (Å²) in [7, 11) is 0. The van der Waals surface area contributed by atoms with E-state index in [2.05, 4.69) is 15.5 Å². The molecule has 4 aromatic rings. The summed E-state index contributed by atoms with van der Waals surface area (Å²) in [5.74, 6) is 0.465. The van der Waals surface area contributed by atoms with Gasteiger partial charge in [0.2, 0.25) is 0 Å². The van der Waals surface area contributed by atoms with E-state index in [1.165, 1.54) is 23.5 Å². The van der Waals surface area contributed by atoms with Crippen molar-refractivity contribution in [3.05, 3.63) is 86.2 Å². The average molecular weight is 433 g/mol. The summed E-state index contributed by atoms with van der Waals surface area (Å²) in [5.41, 5.74) is 6.48. The molecule has 156 valence electrons. The highest BCUT2D eigenvalue weighted by atomic mass is 32.1. The van der Waals surface area contributed by atoms with Gasteiger partial charge in [0.05, 0.1) is 16.0 Å². The van der Waals surface area contributed by atoms with Gasteiger partial charge in [0.1, 0.15) is 5.82 Å². The van der Waals surface area contributed by atoms with Crippen molar-refractivity contribution in [2.45, 2.75) is 20.8 Å². The second-order valence-electron chi connectivity index (χ2n) is 7.14. The molecule has 0 aliphatic carbocycles. The van der Waals surface area contributed by atoms with Crippen LogP contribution in [-0.2, 0) is 0 Å². The Morgan fingerprint density at radius 2 is 2.00 bits per heavy atom. The molecule has 4 rings (SSSR count). The number of fused-ring (bicyclic) bond motifs is 1. The van der Waals surface area contributed by atoms with Gasteiger partial charge in [0.15, 0.2) is 0 Å². The fourth-order valence-corrected chi connectivity index (χ4v) is 4.32. The molecular formula is C22H19N5O3S. The molecule has 0 radical (unpaired) electrons. The van der Waals surface area contributed by atoms with Crippen LogP contribution in [-0.4, -0.2) is 26.6 Å². The molecule has 3 heterocycles. The molecule has 0 aliphatic heterocycles. The van der Waals surface area contributed by atoms with Crippen molar-refractivity contribution < 1.29 is 9.72 Å². The highest BCUT2D eigenvalue weighted by Crippen LogP contribution is 2.29. The Labute approximate surface area is 182 Å². The maximum absolute atomic E-state index is 12.5. The molecule has 1 amide bonds. The summed E-state index contributed by atoms with van der Waals surface area (Å²) < 4.78 is 2.84. The maximum atomic E-state index is 12.5. The normalized spacial score (nSPS) is 11.3. The molecule has 0 unspecified atom stereocenters. The van der Waals surface area contributed by atoms with Gasteiger partial charge in [-0.05, 0) is 56.7 Å². The molecule has 9 heteroatoms. The van der Waals surface area contributed by atoms with Crippen LogP contribution < -0.4 is 5.43 Å². The largest absolute Gasteiger partial charge is 0.303 e. The molecule has 0 fully saturated rings. The summed E-state index contributed by atoms with van der Waals surface area (Å²) in [4.78, 5) is 27.8. The number of hydrazone groups is 1. The lowest BCUT2D eigenvalue weighted by Gasteiger charge is -2.08. The Morgan fingerprint density at radius 1 is 1.19 bits per heavy atom. The topological polar surface area (TPSA) is 102 Å². The smallest absolute Gasteiger partial charge is 0.281 e. The van der Waals surface area contributed by atoms with Gasteiger partial charge < -0.3 is 4.57 Å². The third-order valence-electron chi connectivity index (χ3n) is 4.90. The number of hydrogen-bond donors (Lipinski definition) is 1. The van der Waals surface area contributed by atoms with E-state index < -0.39 is 4.92 Å². The van der Waals surface area contributed by atoms with Crippen LogP contribution in [0.1, 0.15) is 32.2 Å². The molecule has 0 saturated heterocycles. The van der Waals surface area contributed by atoms with Crippen molar-refractivity contribution in [3.8, 4) is 5.82 Å². The van der Waals surface area contributed by atoms with E-state index in [0.29, 0.717) is 10.3 Å². The number of benzene rings is 1. The Morgan fingerprint density at radius 3 is 2.74 bits per heavy atom. The predicted molar refractivity (Wildman–Crippen MR) is 121 cm³/mol. The minimum atomic E-state index is -0.454. The van der Waals surface area contributed by atoms with E-state index in [-0.39, 0.29) is 11.6 Å². The second-order valence-corrected chi connectivity index (χ2v) is 8.23. The number of aromatic nitrogens is 2. The van der Waals surface area contributed by atoms with Crippen LogP contribution in [0.2, 0.25) is 0 Å². The first-order valence-electron chi connectivity index (χ1n) is 9.47. The lowest BCUT2D eigenvalue weighted by atomic mass is 10.2. The molecule has 1 aromatic carbocycles. The zero-order chi connectivity index (χ0) is 22.1. The lowest BCUT2D eigenvalue weighted by Crippen LogP contribution is -2.16. The first-order chi connectivity index (χ1) is 14.8. The number of rotatable bonds is 5. The quantitative estimate of drug-likeness (QED) is 0.280. The van der Waals surface area contributed by atoms with Crippen LogP contribution >= 0.6 is 11.3 Å². The number of nitro benzene ring substituents is 1. The zero-order valence-electron chi connectivity index (χ0n) is 17.1. The van der Waals surface area contributed by atoms with Gasteiger partial charge in [0, 0.05) is 45.4 Å². The summed E-state index contributed by atoms with van der Waals surface area (Å²) in [6.07, 6.45) is 3.38. The number of amides is 1. The Balaban J connectivity index is 1.52. The van der Waals surface area contributed by atoms with E-state index >= 15 is 0 Å². The fraction of sp³-hybridized carbons (Fsp3) is 0.136. The minimum Gasteiger partial charge on any atom is -0.303 e. The predicted octanol–water partition coefficient (Wildman–Crippen LogP) is 4.68. The van der Waals surface area contributed by atoms with Crippen LogP contribution in [0.25, 0.3) is 15.9 Å². The van der Waals surface area contributed by atoms with E-state index in [0.717, 1.165) is 33.0 Å². The lowest BCUT2D eigenvalue weighted by molar-refractivity contribution is -0.384. The van der Waals surface area contributed by atoms with Gasteiger partial charge >= 0.3 is 0 Å². The number of nitro groups is 1. The summed E-state index contributed by atoms with van der Waals surface area (Å²) in [5, 5.41) is 15.7. The van der Waals surface area contributed by atoms with Gasteiger partial charge in [-0.1, -0.05) is 0 Å². The van der Waals surface area contributed by atoms with Gasteiger partial charge in [0.25, 0.3) is 11.6 Å². The standard InChI is InChI=1S/C22H19N5O3S/c1-13-6-7-23-21(8-13)26-14(2)9-17(15(26)3)12-24-25-22(28)20-11-16-10-18(27(29)30)4-5-19(16)31-20/h4-12H,1-3H3,(H,25,28)/b24-12-. The Bertz CT molecular complexity index is 1350. The number of non-ortho nitro benzene ring substituents is 1. The average Bonchev–Trinajstić information content (AvgIpc) is 3.28. The van der Waals surface area contributed by atoms with Crippen molar-refractivity contribution in [2.75, 3.05) is 0 Å². The van der Waals surface area contributed by atoms with Gasteiger partial charge in [-0.2, -0.15) is 5.10 Å². The van der Waals surface area contributed by atoms with Crippen LogP contribution in [0, 0.1) is 30.9 Å². The van der Waals surface area contributed by atoms with E-state index in [1.54, 1.807) is 24.5 Å². The van der Waals surface area contributed by atoms with Crippen molar-refractivity contribution in [1.82, 2.24) is 15.0 Å². The highest BCUT2D eigenvalue weighted by molar-refractivity contribution is 7.20. The van der Waals surface area contributed by atoms with Crippen molar-refractivity contribution in [2.24, 2.45) is 5.10 Å². The summed E-state index contributed by atoms with van der Waals surface area (Å²) in [6, 6.07) is 12.1. The van der Waals surface area contributed by atoms with E-state index in [4.69, 9.17) is 0 Å². The third kappa shape index (κ3) is 4.08. The van der Waals surface area contributed by atoms with Crippen molar-refractivity contribution >= 4 is 39.2 Å². The van der Waals surface area contributed by atoms with Gasteiger partial charge in [-0.15, -0.1) is 11.3 Å². The first-order valence-corrected chi connectivity index (χ1v) is 10.3. The van der Waals surface area contributed by atoms with E-state index in [9.17, 15) is 14.9 Å². The van der Waals surface area contributed by atoms with Crippen molar-refractivity contribution in [3.63, 3.8) is 0 Å². The van der Waals surface area contributed by atoms with Crippen LogP contribution in [0.4, 0.5) is 5.69 Å². The molecule has 0 atom stereocenters. The monoisotopic (exact) mass is 433 g/mol. The highest BCUT2D eigenvalue weighted by Gasteiger charge is 2.14. The minimum absolute atomic E-state index is 0.00580. The Kier molecular flexibility index (Phi) is 5.35. The third-order valence-corrected chi connectivity index (χ3v) is 6.02. The zero-order valence-corrected chi connectivity index (χ0v) is 17.9. The molecule has 8 nitrogen and oxygen atoms in total. The molecule has 1 N–H and O–H groups in total. The van der Waals surface area contributed by atoms with Gasteiger partial charge in [-0.25, -0.2) is 10.4 Å². The van der Waals surface area contributed by atoms with Crippen LogP contribution in [0.3, 0.4) is 0 Å². The number of aryl methyl sites for hydroxylation is 2. The number of thiophene rings is 1. The molecule has 0 saturated carbocycles. The molecule has 0 spiro atoms. The molecule has 0 bridgehead atoms. The number of pyridine rings is 1.